The molecule has 0 bridgehead atoms. The highest BCUT2D eigenvalue weighted by atomic mass is 35.5. The lowest BCUT2D eigenvalue weighted by Gasteiger charge is -2.36. The number of carbonyl (C=O) groups excluding carboxylic acids is 1. The number of rotatable bonds is 2. The van der Waals surface area contributed by atoms with E-state index in [4.69, 9.17) is 17.3 Å². The van der Waals surface area contributed by atoms with Gasteiger partial charge < -0.3 is 10.6 Å². The fourth-order valence-electron chi connectivity index (χ4n) is 2.89. The molecule has 1 aliphatic rings. The van der Waals surface area contributed by atoms with Gasteiger partial charge in [0.2, 0.25) is 0 Å². The Bertz CT molecular complexity index is 475. The lowest BCUT2D eigenvalue weighted by molar-refractivity contribution is 0.0629. The molecule has 0 saturated heterocycles. The van der Waals surface area contributed by atoms with Gasteiger partial charge in [0.05, 0.1) is 10.7 Å². The maximum atomic E-state index is 12.5. The first kappa shape index (κ1) is 14.2. The largest absolute Gasteiger partial charge is 0.398 e. The number of anilines is 1. The molecule has 3 nitrogen and oxygen atoms in total. The quantitative estimate of drug-likeness (QED) is 0.842. The summed E-state index contributed by atoms with van der Waals surface area (Å²) >= 11 is 5.98. The van der Waals surface area contributed by atoms with Crippen molar-refractivity contribution in [1.29, 1.82) is 0 Å². The number of nitrogens with two attached hydrogens (primary N) is 1. The summed E-state index contributed by atoms with van der Waals surface area (Å²) in [6.45, 7) is 2.23. The van der Waals surface area contributed by atoms with Crippen LogP contribution in [0.5, 0.6) is 0 Å². The SMILES string of the molecule is CC1CCCCC1N(C)C(=O)c1ccc(N)c(Cl)c1. The highest BCUT2D eigenvalue weighted by molar-refractivity contribution is 6.33. The fourth-order valence-corrected chi connectivity index (χ4v) is 3.07. The highest BCUT2D eigenvalue weighted by Gasteiger charge is 2.28. The van der Waals surface area contributed by atoms with Crippen molar-refractivity contribution in [3.8, 4) is 0 Å². The third-order valence-corrected chi connectivity index (χ3v) is 4.46. The van der Waals surface area contributed by atoms with E-state index in [1.807, 2.05) is 11.9 Å². The molecule has 4 heteroatoms. The Balaban J connectivity index is 2.15. The minimum Gasteiger partial charge on any atom is -0.398 e. The second kappa shape index (κ2) is 5.83. The van der Waals surface area contributed by atoms with Crippen LogP contribution in [-0.4, -0.2) is 23.9 Å². The molecule has 2 unspecified atom stereocenters. The number of carbonyl (C=O) groups is 1. The van der Waals surface area contributed by atoms with Crippen LogP contribution in [-0.2, 0) is 0 Å². The molecule has 1 aromatic carbocycles. The molecule has 1 saturated carbocycles. The Morgan fingerprint density at radius 1 is 1.37 bits per heavy atom. The minimum atomic E-state index is 0.0284. The summed E-state index contributed by atoms with van der Waals surface area (Å²) in [4.78, 5) is 14.3. The van der Waals surface area contributed by atoms with E-state index >= 15 is 0 Å². The zero-order valence-corrected chi connectivity index (χ0v) is 12.3. The van der Waals surface area contributed by atoms with Crippen LogP contribution in [0.1, 0.15) is 43.0 Å². The van der Waals surface area contributed by atoms with Crippen LogP contribution in [0.15, 0.2) is 18.2 Å². The molecule has 0 spiro atoms. The molecule has 2 rings (SSSR count). The Labute approximate surface area is 119 Å². The summed E-state index contributed by atoms with van der Waals surface area (Å²) in [5.74, 6) is 0.590. The Morgan fingerprint density at radius 2 is 2.05 bits per heavy atom. The number of hydrogen-bond donors (Lipinski definition) is 1. The van der Waals surface area contributed by atoms with Gasteiger partial charge in [-0.3, -0.25) is 4.79 Å². The highest BCUT2D eigenvalue weighted by Crippen LogP contribution is 2.29. The number of amides is 1. The van der Waals surface area contributed by atoms with Gasteiger partial charge in [0.1, 0.15) is 0 Å². The second-order valence-corrected chi connectivity index (χ2v) is 5.89. The van der Waals surface area contributed by atoms with Crippen molar-refractivity contribution in [3.05, 3.63) is 28.8 Å². The number of nitrogens with zero attached hydrogens (tertiary/aromatic N) is 1. The fraction of sp³-hybridized carbons (Fsp3) is 0.533. The lowest BCUT2D eigenvalue weighted by Crippen LogP contribution is -2.42. The molecule has 1 fully saturated rings. The first-order valence-electron chi connectivity index (χ1n) is 6.83. The predicted molar refractivity (Wildman–Crippen MR) is 79.4 cm³/mol. The average Bonchev–Trinajstić information content (AvgIpc) is 2.41. The summed E-state index contributed by atoms with van der Waals surface area (Å²) in [7, 11) is 1.89. The Kier molecular flexibility index (Phi) is 4.35. The van der Waals surface area contributed by atoms with Crippen molar-refractivity contribution in [3.63, 3.8) is 0 Å². The van der Waals surface area contributed by atoms with Crippen LogP contribution in [0, 0.1) is 5.92 Å². The van der Waals surface area contributed by atoms with E-state index < -0.39 is 0 Å². The van der Waals surface area contributed by atoms with Gasteiger partial charge in [-0.05, 0) is 37.0 Å². The van der Waals surface area contributed by atoms with Crippen molar-refractivity contribution in [2.24, 2.45) is 5.92 Å². The van der Waals surface area contributed by atoms with Crippen molar-refractivity contribution < 1.29 is 4.79 Å². The molecule has 0 heterocycles. The smallest absolute Gasteiger partial charge is 0.253 e. The molecule has 1 aliphatic carbocycles. The second-order valence-electron chi connectivity index (χ2n) is 5.48. The van der Waals surface area contributed by atoms with Gasteiger partial charge in [-0.15, -0.1) is 0 Å². The van der Waals surface area contributed by atoms with Crippen LogP contribution >= 0.6 is 11.6 Å². The van der Waals surface area contributed by atoms with Crippen molar-refractivity contribution in [1.82, 2.24) is 4.90 Å². The van der Waals surface area contributed by atoms with Gasteiger partial charge in [0.25, 0.3) is 5.91 Å². The van der Waals surface area contributed by atoms with Gasteiger partial charge in [-0.1, -0.05) is 31.4 Å². The standard InChI is InChI=1S/C15H21ClN2O/c1-10-5-3-4-6-14(10)18(2)15(19)11-7-8-13(17)12(16)9-11/h7-10,14H,3-6,17H2,1-2H3. The van der Waals surface area contributed by atoms with Crippen LogP contribution in [0.4, 0.5) is 5.69 Å². The molecule has 2 atom stereocenters. The van der Waals surface area contributed by atoms with Crippen molar-refractivity contribution in [2.75, 3.05) is 12.8 Å². The van der Waals surface area contributed by atoms with Crippen LogP contribution in [0.2, 0.25) is 5.02 Å². The van der Waals surface area contributed by atoms with Gasteiger partial charge in [0.15, 0.2) is 0 Å². The maximum Gasteiger partial charge on any atom is 0.253 e. The van der Waals surface area contributed by atoms with E-state index in [9.17, 15) is 4.79 Å². The summed E-state index contributed by atoms with van der Waals surface area (Å²) in [6, 6.07) is 5.42. The summed E-state index contributed by atoms with van der Waals surface area (Å²) in [5, 5.41) is 0.441. The van der Waals surface area contributed by atoms with Crippen LogP contribution in [0.3, 0.4) is 0 Å². The molecule has 1 amide bonds. The average molecular weight is 281 g/mol. The molecule has 19 heavy (non-hydrogen) atoms. The zero-order chi connectivity index (χ0) is 14.0. The molecule has 0 aliphatic heterocycles. The first-order valence-corrected chi connectivity index (χ1v) is 7.20. The number of benzene rings is 1. The van der Waals surface area contributed by atoms with Gasteiger partial charge in [-0.2, -0.15) is 0 Å². The van der Waals surface area contributed by atoms with E-state index in [0.29, 0.717) is 28.2 Å². The Hall–Kier alpha value is -1.22. The van der Waals surface area contributed by atoms with E-state index in [1.165, 1.54) is 19.3 Å². The molecule has 0 aromatic heterocycles. The molecular weight excluding hydrogens is 260 g/mol. The molecule has 1 aromatic rings. The van der Waals surface area contributed by atoms with Crippen molar-refractivity contribution >= 4 is 23.2 Å². The zero-order valence-electron chi connectivity index (χ0n) is 11.5. The van der Waals surface area contributed by atoms with E-state index in [-0.39, 0.29) is 5.91 Å². The molecule has 0 radical (unpaired) electrons. The monoisotopic (exact) mass is 280 g/mol. The Morgan fingerprint density at radius 3 is 2.68 bits per heavy atom. The van der Waals surface area contributed by atoms with E-state index in [2.05, 4.69) is 6.92 Å². The van der Waals surface area contributed by atoms with E-state index in [1.54, 1.807) is 18.2 Å². The van der Waals surface area contributed by atoms with Crippen molar-refractivity contribution in [2.45, 2.75) is 38.6 Å². The summed E-state index contributed by atoms with van der Waals surface area (Å²) in [5.41, 5.74) is 6.79. The lowest BCUT2D eigenvalue weighted by atomic mass is 9.85. The number of hydrogen-bond acceptors (Lipinski definition) is 2. The minimum absolute atomic E-state index is 0.0284. The number of nitrogen functional groups attached to an aromatic ring is 1. The molecule has 104 valence electrons. The first-order chi connectivity index (χ1) is 9.00. The third-order valence-electron chi connectivity index (χ3n) is 4.13. The van der Waals surface area contributed by atoms with E-state index in [0.717, 1.165) is 6.42 Å². The number of halogens is 1. The maximum absolute atomic E-state index is 12.5. The third kappa shape index (κ3) is 3.03. The predicted octanol–water partition coefficient (Wildman–Crippen LogP) is 3.57. The van der Waals surface area contributed by atoms with Gasteiger partial charge in [-0.25, -0.2) is 0 Å². The molecular formula is C15H21ClN2O. The van der Waals surface area contributed by atoms with Gasteiger partial charge in [0, 0.05) is 18.7 Å². The van der Waals surface area contributed by atoms with Crippen LogP contribution < -0.4 is 5.73 Å². The topological polar surface area (TPSA) is 46.3 Å². The van der Waals surface area contributed by atoms with Gasteiger partial charge >= 0.3 is 0 Å². The summed E-state index contributed by atoms with van der Waals surface area (Å²) in [6.07, 6.45) is 4.76. The summed E-state index contributed by atoms with van der Waals surface area (Å²) < 4.78 is 0. The normalized spacial score (nSPS) is 23.1. The van der Waals surface area contributed by atoms with Crippen LogP contribution in [0.25, 0.3) is 0 Å². The molecule has 2 N–H and O–H groups in total.